The largest absolute Gasteiger partial charge is 0.477 e. The van der Waals surface area contributed by atoms with Crippen molar-refractivity contribution in [3.05, 3.63) is 28.7 Å². The minimum atomic E-state index is -4.64. The molecule has 0 spiro atoms. The second kappa shape index (κ2) is 8.94. The lowest BCUT2D eigenvalue weighted by Crippen LogP contribution is -2.70. The Labute approximate surface area is 197 Å². The van der Waals surface area contributed by atoms with Crippen molar-refractivity contribution in [2.45, 2.75) is 36.2 Å². The predicted octanol–water partition coefficient (Wildman–Crippen LogP) is 0.265. The van der Waals surface area contributed by atoms with E-state index < -0.39 is 47.6 Å². The molecule has 182 valence electrons. The first-order valence-corrected chi connectivity index (χ1v) is 11.7. The van der Waals surface area contributed by atoms with Crippen molar-refractivity contribution in [1.82, 2.24) is 40.2 Å². The molecule has 34 heavy (non-hydrogen) atoms. The second-order valence-electron chi connectivity index (χ2n) is 7.41. The normalized spacial score (nSPS) is 20.3. The van der Waals surface area contributed by atoms with E-state index in [0.717, 1.165) is 15.6 Å². The van der Waals surface area contributed by atoms with Crippen LogP contribution in [0.25, 0.3) is 0 Å². The monoisotopic (exact) mass is 518 g/mol. The molecule has 1 fully saturated rings. The maximum atomic E-state index is 12.8. The third kappa shape index (κ3) is 4.48. The molecule has 4 rings (SSSR count). The van der Waals surface area contributed by atoms with Gasteiger partial charge in [0.05, 0.1) is 0 Å². The van der Waals surface area contributed by atoms with Gasteiger partial charge >= 0.3 is 12.1 Å². The molecular weight excluding hydrogens is 501 g/mol. The zero-order valence-electron chi connectivity index (χ0n) is 17.6. The molecule has 4 heterocycles. The summed E-state index contributed by atoms with van der Waals surface area (Å²) in [5.74, 6) is -2.05. The highest BCUT2D eigenvalue weighted by atomic mass is 32.2. The summed E-state index contributed by atoms with van der Waals surface area (Å²) in [4.78, 5) is 38.2. The number of aryl methyl sites for hydroxylation is 2. The highest BCUT2D eigenvalue weighted by Crippen LogP contribution is 2.41. The topological polar surface area (TPSA) is 148 Å². The molecule has 0 saturated carbocycles. The van der Waals surface area contributed by atoms with E-state index in [0.29, 0.717) is 16.5 Å². The van der Waals surface area contributed by atoms with Crippen LogP contribution in [0.1, 0.15) is 11.4 Å². The van der Waals surface area contributed by atoms with Gasteiger partial charge in [-0.3, -0.25) is 19.2 Å². The van der Waals surface area contributed by atoms with E-state index in [1.165, 1.54) is 35.1 Å². The summed E-state index contributed by atoms with van der Waals surface area (Å²) in [6.07, 6.45) is -4.64. The summed E-state index contributed by atoms with van der Waals surface area (Å²) in [5.41, 5.74) is -0.635. The van der Waals surface area contributed by atoms with Crippen LogP contribution in [0.15, 0.2) is 22.5 Å². The van der Waals surface area contributed by atoms with Crippen LogP contribution in [0, 0.1) is 6.92 Å². The standard InChI is InChI=1S/C17H17F3N8O4S2/c1-7-3-9(17(18,19)20)23-27(7)4-10(29)21-11-13(30)28-12(15(31)32)8(5-33-14(11)28)6-34-16-22-24-25-26(16)2/h3,11,14H,4-6H2,1-2H3,(H,21,29)(H,31,32). The Morgan fingerprint density at radius 2 is 2.12 bits per heavy atom. The van der Waals surface area contributed by atoms with Gasteiger partial charge in [0.2, 0.25) is 11.1 Å². The van der Waals surface area contributed by atoms with Gasteiger partial charge in [0.25, 0.3) is 5.91 Å². The Morgan fingerprint density at radius 3 is 2.71 bits per heavy atom. The van der Waals surface area contributed by atoms with Gasteiger partial charge in [0.1, 0.15) is 23.7 Å². The second-order valence-corrected chi connectivity index (χ2v) is 9.46. The number of rotatable bonds is 7. The molecule has 12 nitrogen and oxygen atoms in total. The summed E-state index contributed by atoms with van der Waals surface area (Å²) < 4.78 is 40.8. The highest BCUT2D eigenvalue weighted by Gasteiger charge is 2.54. The number of carbonyl (C=O) groups is 3. The fourth-order valence-corrected chi connectivity index (χ4v) is 5.79. The van der Waals surface area contributed by atoms with Gasteiger partial charge in [0, 0.05) is 24.2 Å². The Hall–Kier alpha value is -3.08. The van der Waals surface area contributed by atoms with Crippen molar-refractivity contribution in [2.75, 3.05) is 11.5 Å². The molecule has 2 aliphatic heterocycles. The number of tetrazole rings is 1. The number of carboxylic acids is 1. The van der Waals surface area contributed by atoms with Crippen LogP contribution in [0.4, 0.5) is 13.2 Å². The quantitative estimate of drug-likeness (QED) is 0.386. The summed E-state index contributed by atoms with van der Waals surface area (Å²) in [6.45, 7) is 0.863. The fraction of sp³-hybridized carbons (Fsp3) is 0.471. The Kier molecular flexibility index (Phi) is 6.32. The van der Waals surface area contributed by atoms with Gasteiger partial charge in [-0.25, -0.2) is 9.48 Å². The van der Waals surface area contributed by atoms with Crippen LogP contribution in [0.2, 0.25) is 0 Å². The van der Waals surface area contributed by atoms with Crippen molar-refractivity contribution >= 4 is 41.3 Å². The molecule has 0 aromatic carbocycles. The number of nitrogens with zero attached hydrogens (tertiary/aromatic N) is 7. The predicted molar refractivity (Wildman–Crippen MR) is 111 cm³/mol. The van der Waals surface area contributed by atoms with E-state index in [9.17, 15) is 32.7 Å². The maximum Gasteiger partial charge on any atom is 0.435 e. The molecule has 2 atom stereocenters. The molecule has 0 aliphatic carbocycles. The first-order chi connectivity index (χ1) is 16.0. The molecule has 1 saturated heterocycles. The number of thioether (sulfide) groups is 2. The number of halogens is 3. The average Bonchev–Trinajstić information content (AvgIpc) is 3.34. The lowest BCUT2D eigenvalue weighted by molar-refractivity contribution is -0.150. The van der Waals surface area contributed by atoms with Gasteiger partial charge in [-0.1, -0.05) is 11.8 Å². The molecule has 0 bridgehead atoms. The number of fused-ring (bicyclic) bond motifs is 1. The van der Waals surface area contributed by atoms with Crippen molar-refractivity contribution in [2.24, 2.45) is 7.05 Å². The van der Waals surface area contributed by atoms with Crippen LogP contribution >= 0.6 is 23.5 Å². The van der Waals surface area contributed by atoms with Gasteiger partial charge < -0.3 is 10.4 Å². The minimum absolute atomic E-state index is 0.132. The Bertz CT molecular complexity index is 1190. The lowest BCUT2D eigenvalue weighted by atomic mass is 10.0. The molecular formula is C17H17F3N8O4S2. The number of aliphatic carboxylic acids is 1. The van der Waals surface area contributed by atoms with Crippen LogP contribution in [-0.4, -0.2) is 80.7 Å². The molecule has 2 amide bonds. The van der Waals surface area contributed by atoms with Crippen molar-refractivity contribution in [3.63, 3.8) is 0 Å². The number of alkyl halides is 3. The van der Waals surface area contributed by atoms with Crippen LogP contribution in [0.3, 0.4) is 0 Å². The van der Waals surface area contributed by atoms with E-state index in [1.807, 2.05) is 0 Å². The number of aromatic nitrogens is 6. The maximum absolute atomic E-state index is 12.8. The summed E-state index contributed by atoms with van der Waals surface area (Å²) in [6, 6.07) is -0.178. The van der Waals surface area contributed by atoms with Gasteiger partial charge in [-0.05, 0) is 29.0 Å². The third-order valence-electron chi connectivity index (χ3n) is 5.09. The van der Waals surface area contributed by atoms with Crippen LogP contribution < -0.4 is 5.32 Å². The van der Waals surface area contributed by atoms with E-state index in [-0.39, 0.29) is 17.1 Å². The molecule has 2 aromatic rings. The minimum Gasteiger partial charge on any atom is -0.477 e. The van der Waals surface area contributed by atoms with Gasteiger partial charge in [-0.2, -0.15) is 18.3 Å². The molecule has 2 N–H and O–H groups in total. The van der Waals surface area contributed by atoms with E-state index >= 15 is 0 Å². The van der Waals surface area contributed by atoms with Crippen molar-refractivity contribution in [1.29, 1.82) is 0 Å². The van der Waals surface area contributed by atoms with E-state index in [1.54, 1.807) is 7.05 Å². The van der Waals surface area contributed by atoms with Crippen LogP contribution in [0.5, 0.6) is 0 Å². The van der Waals surface area contributed by atoms with Crippen molar-refractivity contribution < 1.29 is 32.7 Å². The number of β-lactam (4-membered cyclic amide) rings is 1. The number of hydrogen-bond acceptors (Lipinski definition) is 9. The van der Waals surface area contributed by atoms with E-state index in [2.05, 4.69) is 25.9 Å². The zero-order valence-corrected chi connectivity index (χ0v) is 19.2. The van der Waals surface area contributed by atoms with Gasteiger partial charge in [-0.15, -0.1) is 16.9 Å². The first kappa shape index (κ1) is 24.1. The van der Waals surface area contributed by atoms with Crippen molar-refractivity contribution in [3.8, 4) is 0 Å². The number of carboxylic acid groups (broad SMARTS) is 1. The highest BCUT2D eigenvalue weighted by molar-refractivity contribution is 8.01. The van der Waals surface area contributed by atoms with E-state index in [4.69, 9.17) is 0 Å². The molecule has 0 radical (unpaired) electrons. The number of carbonyl (C=O) groups excluding carboxylic acids is 2. The SMILES string of the molecule is Cc1cc(C(F)(F)F)nn1CC(=O)NC1C(=O)N2C(C(=O)O)=C(CSc3nnnn3C)CSC12. The summed E-state index contributed by atoms with van der Waals surface area (Å²) in [7, 11) is 1.64. The molecule has 17 heteroatoms. The third-order valence-corrected chi connectivity index (χ3v) is 7.52. The summed E-state index contributed by atoms with van der Waals surface area (Å²) in [5, 5.41) is 26.5. The zero-order chi connectivity index (χ0) is 24.8. The fourth-order valence-electron chi connectivity index (χ4n) is 3.45. The number of nitrogens with one attached hydrogen (secondary N) is 1. The van der Waals surface area contributed by atoms with Crippen LogP contribution in [-0.2, 0) is 34.2 Å². The van der Waals surface area contributed by atoms with Gasteiger partial charge in [0.15, 0.2) is 5.69 Å². The smallest absolute Gasteiger partial charge is 0.435 e. The molecule has 2 aromatic heterocycles. The lowest BCUT2D eigenvalue weighted by Gasteiger charge is -2.49. The first-order valence-electron chi connectivity index (χ1n) is 9.63. The summed E-state index contributed by atoms with van der Waals surface area (Å²) >= 11 is 2.50. The Morgan fingerprint density at radius 1 is 1.38 bits per heavy atom. The average molecular weight is 519 g/mol. The molecule has 2 aliphatic rings. The Balaban J connectivity index is 1.43. The molecule has 2 unspecified atom stereocenters. The number of amides is 2. The number of hydrogen-bond donors (Lipinski definition) is 2.